The Morgan fingerprint density at radius 2 is 1.87 bits per heavy atom. The Kier molecular flexibility index (Phi) is 8.40. The van der Waals surface area contributed by atoms with E-state index in [2.05, 4.69) is 20.3 Å². The maximum absolute atomic E-state index is 12.7. The van der Waals surface area contributed by atoms with E-state index in [-0.39, 0.29) is 21.5 Å². The average Bonchev–Trinajstić information content (AvgIpc) is 3.18. The Morgan fingerprint density at radius 3 is 2.50 bits per heavy atom. The minimum absolute atomic E-state index is 0.0483. The minimum atomic E-state index is -3.95. The van der Waals surface area contributed by atoms with Crippen LogP contribution in [0.2, 0.25) is 0 Å². The van der Waals surface area contributed by atoms with E-state index in [1.165, 1.54) is 46.6 Å². The van der Waals surface area contributed by atoms with Crippen LogP contribution in [0, 0.1) is 0 Å². The molecule has 0 spiro atoms. The topological polar surface area (TPSA) is 137 Å². The van der Waals surface area contributed by atoms with E-state index in [0.717, 1.165) is 27.4 Å². The van der Waals surface area contributed by atoms with E-state index in [4.69, 9.17) is 9.47 Å². The number of sulfonamides is 1. The van der Waals surface area contributed by atoms with Crippen molar-refractivity contribution in [3.8, 4) is 11.5 Å². The largest absolute Gasteiger partial charge is 0.493 e. The molecule has 0 aliphatic heterocycles. The number of nitrogens with zero attached hydrogens (tertiary/aromatic N) is 3. The van der Waals surface area contributed by atoms with E-state index in [9.17, 15) is 18.0 Å². The maximum Gasteiger partial charge on any atom is 0.316 e. The Hall–Kier alpha value is -2.42. The van der Waals surface area contributed by atoms with Gasteiger partial charge in [0.1, 0.15) is 0 Å². The number of likely N-dealkylation sites (N-methyl/N-ethyl adjacent to an activating group) is 1. The highest BCUT2D eigenvalue weighted by Gasteiger charge is 2.25. The zero-order chi connectivity index (χ0) is 22.3. The Balaban J connectivity index is 2.01. The Morgan fingerprint density at radius 1 is 1.17 bits per heavy atom. The summed E-state index contributed by atoms with van der Waals surface area (Å²) in [6.07, 6.45) is 0. The number of nitrogens with one attached hydrogen (secondary N) is 1. The summed E-state index contributed by atoms with van der Waals surface area (Å²) in [6.45, 7) is -0.444. The van der Waals surface area contributed by atoms with E-state index >= 15 is 0 Å². The molecule has 0 aliphatic rings. The van der Waals surface area contributed by atoms with Crippen LogP contribution >= 0.6 is 23.1 Å². The molecule has 2 aromatic rings. The van der Waals surface area contributed by atoms with Crippen LogP contribution in [0.15, 0.2) is 27.4 Å². The lowest BCUT2D eigenvalue weighted by Gasteiger charge is -2.17. The van der Waals surface area contributed by atoms with Gasteiger partial charge in [-0.05, 0) is 12.1 Å². The summed E-state index contributed by atoms with van der Waals surface area (Å²) in [5.74, 6) is -0.313. The molecule has 164 valence electrons. The summed E-state index contributed by atoms with van der Waals surface area (Å²) in [5, 5.41) is 10.3. The molecule has 0 atom stereocenters. The Labute approximate surface area is 181 Å². The fraction of sp³-hybridized carbons (Fsp3) is 0.375. The number of carbonyl (C=O) groups is 2. The van der Waals surface area contributed by atoms with E-state index < -0.39 is 28.4 Å². The molecule has 1 aromatic carbocycles. The van der Waals surface area contributed by atoms with Crippen molar-refractivity contribution < 1.29 is 32.2 Å². The molecule has 1 N–H and O–H groups in total. The van der Waals surface area contributed by atoms with Crippen molar-refractivity contribution in [2.24, 2.45) is 0 Å². The van der Waals surface area contributed by atoms with Gasteiger partial charge in [-0.15, -0.1) is 10.2 Å². The van der Waals surface area contributed by atoms with Crippen LogP contribution in [-0.4, -0.2) is 75.5 Å². The van der Waals surface area contributed by atoms with Crippen molar-refractivity contribution in [2.75, 3.05) is 46.0 Å². The number of ether oxygens (including phenoxy) is 3. The SMILES string of the molecule is COC(=O)CSc1nnc(NC(=O)CN(C)S(=O)(=O)c2ccc(OC)c(OC)c2)s1. The highest BCUT2D eigenvalue weighted by atomic mass is 32.2. The molecule has 0 radical (unpaired) electrons. The molecule has 0 saturated carbocycles. The molecule has 2 rings (SSSR count). The average molecular weight is 477 g/mol. The highest BCUT2D eigenvalue weighted by Crippen LogP contribution is 2.30. The van der Waals surface area contributed by atoms with Gasteiger partial charge < -0.3 is 14.2 Å². The summed E-state index contributed by atoms with van der Waals surface area (Å²) >= 11 is 2.17. The second kappa shape index (κ2) is 10.6. The number of hydrogen-bond acceptors (Lipinski definition) is 11. The minimum Gasteiger partial charge on any atom is -0.493 e. The first-order valence-corrected chi connectivity index (χ1v) is 11.5. The van der Waals surface area contributed by atoms with Crippen molar-refractivity contribution in [1.29, 1.82) is 0 Å². The van der Waals surface area contributed by atoms with Crippen LogP contribution in [0.3, 0.4) is 0 Å². The molecule has 0 unspecified atom stereocenters. The van der Waals surface area contributed by atoms with Gasteiger partial charge in [0, 0.05) is 13.1 Å². The predicted molar refractivity (Wildman–Crippen MR) is 111 cm³/mol. The number of anilines is 1. The fourth-order valence-electron chi connectivity index (χ4n) is 2.10. The molecule has 0 fully saturated rings. The zero-order valence-corrected chi connectivity index (χ0v) is 19.0. The number of hydrogen-bond donors (Lipinski definition) is 1. The third kappa shape index (κ3) is 6.04. The number of methoxy groups -OCH3 is 3. The van der Waals surface area contributed by atoms with E-state index in [1.54, 1.807) is 0 Å². The van der Waals surface area contributed by atoms with Crippen LogP contribution in [0.4, 0.5) is 5.13 Å². The van der Waals surface area contributed by atoms with Crippen molar-refractivity contribution in [3.63, 3.8) is 0 Å². The number of thioether (sulfide) groups is 1. The van der Waals surface area contributed by atoms with Crippen LogP contribution in [0.1, 0.15) is 0 Å². The molecule has 1 heterocycles. The fourth-order valence-corrected chi connectivity index (χ4v) is 4.84. The number of amides is 1. The quantitative estimate of drug-likeness (QED) is 0.301. The molecule has 0 saturated heterocycles. The lowest BCUT2D eigenvalue weighted by atomic mass is 10.3. The van der Waals surface area contributed by atoms with Gasteiger partial charge in [0.25, 0.3) is 0 Å². The Bertz CT molecular complexity index is 1010. The normalized spacial score (nSPS) is 11.2. The number of esters is 1. The molecule has 11 nitrogen and oxygen atoms in total. The first kappa shape index (κ1) is 23.9. The van der Waals surface area contributed by atoms with Gasteiger partial charge in [0.2, 0.25) is 21.1 Å². The monoisotopic (exact) mass is 476 g/mol. The molecule has 1 aromatic heterocycles. The van der Waals surface area contributed by atoms with Crippen LogP contribution in [-0.2, 0) is 24.3 Å². The molecule has 1 amide bonds. The predicted octanol–water partition coefficient (Wildman–Crippen LogP) is 1.08. The summed E-state index contributed by atoms with van der Waals surface area (Å²) in [5.41, 5.74) is 0. The molecular formula is C16H20N4O7S3. The van der Waals surface area contributed by atoms with Crippen molar-refractivity contribution in [2.45, 2.75) is 9.24 Å². The highest BCUT2D eigenvalue weighted by molar-refractivity contribution is 8.01. The van der Waals surface area contributed by atoms with Crippen molar-refractivity contribution in [1.82, 2.24) is 14.5 Å². The van der Waals surface area contributed by atoms with E-state index in [1.807, 2.05) is 0 Å². The third-order valence-corrected chi connectivity index (χ3v) is 7.37. The van der Waals surface area contributed by atoms with Crippen molar-refractivity contribution in [3.05, 3.63) is 18.2 Å². The lowest BCUT2D eigenvalue weighted by molar-refractivity contribution is -0.137. The molecule has 30 heavy (non-hydrogen) atoms. The third-order valence-electron chi connectivity index (χ3n) is 3.62. The second-order valence-electron chi connectivity index (χ2n) is 5.56. The van der Waals surface area contributed by atoms with Gasteiger partial charge in [-0.1, -0.05) is 23.1 Å². The lowest BCUT2D eigenvalue weighted by Crippen LogP contribution is -2.35. The standard InChI is InChI=1S/C16H20N4O7S3/c1-20(30(23,24)10-5-6-11(25-2)12(7-10)26-3)8-13(21)17-15-18-19-16(29-15)28-9-14(22)27-4/h5-7H,8-9H2,1-4H3,(H,17,18,21). The summed E-state index contributed by atoms with van der Waals surface area (Å²) < 4.78 is 41.6. The summed E-state index contributed by atoms with van der Waals surface area (Å²) in [6, 6.07) is 4.15. The van der Waals surface area contributed by atoms with Gasteiger partial charge in [-0.2, -0.15) is 4.31 Å². The van der Waals surface area contributed by atoms with Crippen LogP contribution in [0.25, 0.3) is 0 Å². The van der Waals surface area contributed by atoms with Gasteiger partial charge in [0.05, 0.1) is 38.5 Å². The number of aromatic nitrogens is 2. The molecule has 0 bridgehead atoms. The van der Waals surface area contributed by atoms with Gasteiger partial charge in [-0.3, -0.25) is 14.9 Å². The zero-order valence-electron chi connectivity index (χ0n) is 16.6. The van der Waals surface area contributed by atoms with E-state index in [0.29, 0.717) is 10.1 Å². The second-order valence-corrected chi connectivity index (χ2v) is 9.81. The number of benzene rings is 1. The van der Waals surface area contributed by atoms with Crippen molar-refractivity contribution >= 4 is 50.1 Å². The van der Waals surface area contributed by atoms with Gasteiger partial charge in [0.15, 0.2) is 15.8 Å². The van der Waals surface area contributed by atoms with Crippen LogP contribution in [0.5, 0.6) is 11.5 Å². The smallest absolute Gasteiger partial charge is 0.316 e. The van der Waals surface area contributed by atoms with Crippen LogP contribution < -0.4 is 14.8 Å². The number of carbonyl (C=O) groups excluding carboxylic acids is 2. The first-order valence-electron chi connectivity index (χ1n) is 8.22. The maximum atomic E-state index is 12.7. The number of rotatable bonds is 10. The van der Waals surface area contributed by atoms with Gasteiger partial charge >= 0.3 is 5.97 Å². The van der Waals surface area contributed by atoms with Gasteiger partial charge in [-0.25, -0.2) is 8.42 Å². The first-order chi connectivity index (χ1) is 14.2. The summed E-state index contributed by atoms with van der Waals surface area (Å²) in [4.78, 5) is 23.3. The molecule has 14 heteroatoms. The summed E-state index contributed by atoms with van der Waals surface area (Å²) in [7, 11) is 1.44. The molecule has 0 aliphatic carbocycles. The molecular weight excluding hydrogens is 456 g/mol.